The second-order valence-corrected chi connectivity index (χ2v) is 5.24. The highest BCUT2D eigenvalue weighted by atomic mass is 79.9. The summed E-state index contributed by atoms with van der Waals surface area (Å²) in [7, 11) is 0. The Labute approximate surface area is 108 Å². The zero-order valence-corrected chi connectivity index (χ0v) is 11.2. The second-order valence-electron chi connectivity index (χ2n) is 3.56. The van der Waals surface area contributed by atoms with Gasteiger partial charge in [-0.2, -0.15) is 9.61 Å². The van der Waals surface area contributed by atoms with Crippen molar-refractivity contribution in [2.75, 3.05) is 0 Å². The molecule has 0 radical (unpaired) electrons. The van der Waals surface area contributed by atoms with Crippen molar-refractivity contribution in [1.29, 1.82) is 0 Å². The van der Waals surface area contributed by atoms with E-state index in [0.29, 0.717) is 5.65 Å². The molecule has 5 nitrogen and oxygen atoms in total. The molecule has 0 aliphatic rings. The van der Waals surface area contributed by atoms with Gasteiger partial charge < -0.3 is 0 Å². The topological polar surface area (TPSA) is 63.1 Å². The predicted octanol–water partition coefficient (Wildman–Crippen LogP) is 2.22. The molecular weight excluding hydrogens is 304 g/mol. The summed E-state index contributed by atoms with van der Waals surface area (Å²) in [5.41, 5.74) is 2.30. The van der Waals surface area contributed by atoms with Gasteiger partial charge >= 0.3 is 5.69 Å². The summed E-state index contributed by atoms with van der Waals surface area (Å²) < 4.78 is 2.29. The highest BCUT2D eigenvalue weighted by Crippen LogP contribution is 2.37. The van der Waals surface area contributed by atoms with Crippen LogP contribution in [0, 0.1) is 6.92 Å². The van der Waals surface area contributed by atoms with Gasteiger partial charge in [-0.25, -0.2) is 9.78 Å². The van der Waals surface area contributed by atoms with Crippen LogP contribution < -0.4 is 5.69 Å². The van der Waals surface area contributed by atoms with Crippen LogP contribution in [0.25, 0.3) is 16.1 Å². The quantitative estimate of drug-likeness (QED) is 0.749. The Hall–Kier alpha value is -1.47. The third-order valence-electron chi connectivity index (χ3n) is 2.45. The minimum atomic E-state index is -0.286. The molecule has 0 aliphatic heterocycles. The molecule has 0 bridgehead atoms. The first-order chi connectivity index (χ1) is 8.18. The third kappa shape index (κ3) is 1.54. The number of nitrogens with one attached hydrogen (secondary N) is 1. The van der Waals surface area contributed by atoms with E-state index in [-0.39, 0.29) is 5.69 Å². The van der Waals surface area contributed by atoms with Crippen LogP contribution in [0.2, 0.25) is 0 Å². The van der Waals surface area contributed by atoms with Crippen LogP contribution in [0.15, 0.2) is 27.2 Å². The Kier molecular flexibility index (Phi) is 2.37. The largest absolute Gasteiger partial charge is 0.349 e. The van der Waals surface area contributed by atoms with E-state index in [1.807, 2.05) is 6.92 Å². The molecule has 0 amide bonds. The van der Waals surface area contributed by atoms with Crippen molar-refractivity contribution in [3.05, 3.63) is 38.4 Å². The number of aryl methyl sites for hydroxylation is 1. The highest BCUT2D eigenvalue weighted by Gasteiger charge is 2.15. The third-order valence-corrected chi connectivity index (χ3v) is 4.87. The van der Waals surface area contributed by atoms with E-state index < -0.39 is 0 Å². The minimum Gasteiger partial charge on any atom is -0.296 e. The van der Waals surface area contributed by atoms with E-state index in [0.717, 1.165) is 20.5 Å². The van der Waals surface area contributed by atoms with Crippen LogP contribution in [0.1, 0.15) is 5.56 Å². The number of nitrogens with zero attached hydrogens (tertiary/aromatic N) is 3. The van der Waals surface area contributed by atoms with E-state index in [1.165, 1.54) is 10.8 Å². The number of rotatable bonds is 1. The first-order valence-corrected chi connectivity index (χ1v) is 6.51. The van der Waals surface area contributed by atoms with Gasteiger partial charge in [0, 0.05) is 4.47 Å². The Morgan fingerprint density at radius 2 is 2.35 bits per heavy atom. The molecule has 86 valence electrons. The van der Waals surface area contributed by atoms with Gasteiger partial charge in [0.15, 0.2) is 5.65 Å². The maximum absolute atomic E-state index is 11.5. The van der Waals surface area contributed by atoms with Gasteiger partial charge in [-0.3, -0.25) is 4.98 Å². The zero-order valence-electron chi connectivity index (χ0n) is 8.77. The molecule has 1 N–H and O–H groups in total. The normalized spacial score (nSPS) is 11.2. The van der Waals surface area contributed by atoms with Crippen molar-refractivity contribution in [3.8, 4) is 10.4 Å². The number of fused-ring (bicyclic) bond motifs is 1. The SMILES string of the molecule is Cc1csc(-c2cnn3c(=O)[nH]cnc23)c1Br. The van der Waals surface area contributed by atoms with Gasteiger partial charge in [0.05, 0.1) is 23.0 Å². The predicted molar refractivity (Wildman–Crippen MR) is 69.4 cm³/mol. The molecule has 3 rings (SSSR count). The fraction of sp³-hybridized carbons (Fsp3) is 0.100. The second kappa shape index (κ2) is 3.78. The highest BCUT2D eigenvalue weighted by molar-refractivity contribution is 9.10. The van der Waals surface area contributed by atoms with Crippen molar-refractivity contribution in [2.45, 2.75) is 6.92 Å². The Balaban J connectivity index is 2.36. The standard InChI is InChI=1S/C10H7BrN4OS/c1-5-3-17-8(7(5)11)6-2-14-15-9(6)12-4-13-10(15)16/h2-4H,1H3,(H,12,13,16). The molecule has 3 aromatic heterocycles. The lowest BCUT2D eigenvalue weighted by atomic mass is 10.2. The van der Waals surface area contributed by atoms with Crippen LogP contribution in [-0.2, 0) is 0 Å². The van der Waals surface area contributed by atoms with Crippen LogP contribution in [0.3, 0.4) is 0 Å². The number of thiophene rings is 1. The summed E-state index contributed by atoms with van der Waals surface area (Å²) >= 11 is 5.14. The molecule has 0 atom stereocenters. The number of aromatic nitrogens is 4. The molecule has 7 heteroatoms. The smallest absolute Gasteiger partial charge is 0.296 e. The molecule has 0 aliphatic carbocycles. The Bertz CT molecular complexity index is 757. The van der Waals surface area contributed by atoms with Crippen LogP contribution in [0.5, 0.6) is 0 Å². The van der Waals surface area contributed by atoms with Crippen molar-refractivity contribution in [1.82, 2.24) is 19.6 Å². The summed E-state index contributed by atoms with van der Waals surface area (Å²) in [6.45, 7) is 2.02. The maximum atomic E-state index is 11.5. The van der Waals surface area contributed by atoms with Crippen molar-refractivity contribution < 1.29 is 0 Å². The summed E-state index contributed by atoms with van der Waals surface area (Å²) in [5, 5.41) is 6.09. The van der Waals surface area contributed by atoms with E-state index >= 15 is 0 Å². The fourth-order valence-electron chi connectivity index (χ4n) is 1.60. The van der Waals surface area contributed by atoms with E-state index in [9.17, 15) is 4.79 Å². The Morgan fingerprint density at radius 3 is 3.06 bits per heavy atom. The lowest BCUT2D eigenvalue weighted by Gasteiger charge is -1.95. The minimum absolute atomic E-state index is 0.286. The number of halogens is 1. The van der Waals surface area contributed by atoms with Gasteiger partial charge in [-0.1, -0.05) is 0 Å². The van der Waals surface area contributed by atoms with Gasteiger partial charge in [-0.05, 0) is 33.8 Å². The Morgan fingerprint density at radius 1 is 1.53 bits per heavy atom. The van der Waals surface area contributed by atoms with E-state index in [1.54, 1.807) is 17.5 Å². The van der Waals surface area contributed by atoms with E-state index in [4.69, 9.17) is 0 Å². The lowest BCUT2D eigenvalue weighted by molar-refractivity contribution is 0.840. The van der Waals surface area contributed by atoms with Crippen LogP contribution >= 0.6 is 27.3 Å². The molecular formula is C10H7BrN4OS. The van der Waals surface area contributed by atoms with Crippen molar-refractivity contribution in [3.63, 3.8) is 0 Å². The molecule has 0 saturated carbocycles. The average molecular weight is 311 g/mol. The number of H-pyrrole nitrogens is 1. The van der Waals surface area contributed by atoms with Gasteiger partial charge in [-0.15, -0.1) is 11.3 Å². The molecule has 0 aromatic carbocycles. The molecule has 0 spiro atoms. The first-order valence-electron chi connectivity index (χ1n) is 4.84. The molecule has 17 heavy (non-hydrogen) atoms. The summed E-state index contributed by atoms with van der Waals surface area (Å²) in [6, 6.07) is 0. The van der Waals surface area contributed by atoms with Gasteiger partial charge in [0.25, 0.3) is 0 Å². The molecule has 3 heterocycles. The lowest BCUT2D eigenvalue weighted by Crippen LogP contribution is -2.17. The molecule has 0 saturated heterocycles. The van der Waals surface area contributed by atoms with Gasteiger partial charge in [0.2, 0.25) is 0 Å². The van der Waals surface area contributed by atoms with E-state index in [2.05, 4.69) is 36.4 Å². The summed E-state index contributed by atoms with van der Waals surface area (Å²) in [4.78, 5) is 19.2. The van der Waals surface area contributed by atoms with Crippen LogP contribution in [0.4, 0.5) is 0 Å². The monoisotopic (exact) mass is 310 g/mol. The first kappa shape index (κ1) is 10.7. The number of aromatic amines is 1. The fourth-order valence-corrected chi connectivity index (χ4v) is 3.30. The van der Waals surface area contributed by atoms with Crippen LogP contribution in [-0.4, -0.2) is 19.6 Å². The number of hydrogen-bond acceptors (Lipinski definition) is 4. The zero-order chi connectivity index (χ0) is 12.0. The van der Waals surface area contributed by atoms with Crippen molar-refractivity contribution in [2.24, 2.45) is 0 Å². The average Bonchev–Trinajstić information content (AvgIpc) is 2.86. The maximum Gasteiger partial charge on any atom is 0.349 e. The molecule has 0 unspecified atom stereocenters. The number of hydrogen-bond donors (Lipinski definition) is 1. The van der Waals surface area contributed by atoms with Gasteiger partial charge in [0.1, 0.15) is 0 Å². The van der Waals surface area contributed by atoms with Crippen molar-refractivity contribution >= 4 is 32.9 Å². The summed E-state index contributed by atoms with van der Waals surface area (Å²) in [5.74, 6) is 0. The molecule has 3 aromatic rings. The summed E-state index contributed by atoms with van der Waals surface area (Å²) in [6.07, 6.45) is 3.05. The molecule has 0 fully saturated rings.